The van der Waals surface area contributed by atoms with Gasteiger partial charge in [0, 0.05) is 53.6 Å². The molecule has 0 aliphatic carbocycles. The van der Waals surface area contributed by atoms with Gasteiger partial charge in [-0.3, -0.25) is 0 Å². The van der Waals surface area contributed by atoms with Crippen molar-refractivity contribution >= 4 is 81.1 Å². The summed E-state index contributed by atoms with van der Waals surface area (Å²) >= 11 is 1.86. The second-order valence-electron chi connectivity index (χ2n) is 15.7. The molecule has 0 aliphatic heterocycles. The quantitative estimate of drug-likeness (QED) is 0.156. The molecule has 0 saturated heterocycles. The molecule has 0 aliphatic rings. The molecular formula is C58H38N2S. The zero-order chi connectivity index (χ0) is 40.3. The van der Waals surface area contributed by atoms with Crippen molar-refractivity contribution in [1.82, 2.24) is 4.57 Å². The van der Waals surface area contributed by atoms with Gasteiger partial charge in [-0.05, 0) is 111 Å². The monoisotopic (exact) mass is 794 g/mol. The number of rotatable bonds is 7. The Labute approximate surface area is 358 Å². The normalized spacial score (nSPS) is 11.6. The minimum Gasteiger partial charge on any atom is -0.310 e. The molecule has 0 saturated carbocycles. The van der Waals surface area contributed by atoms with E-state index in [4.69, 9.17) is 0 Å². The lowest BCUT2D eigenvalue weighted by atomic mass is 9.94. The standard InChI is InChI=1S/C58H38N2S/c1-2-13-41(14-3-1)49-35-27-43(48-21-12-16-40-15-4-5-17-47(40)48)38-56(49)59(44-29-25-39(26-30-44)42-28-36-58-53(37-42)52-20-8-11-24-57(52)61-58)45-31-33-46(34-32-45)60-54-22-9-6-18-50(54)51-19-7-10-23-55(51)60/h1-38H. The smallest absolute Gasteiger partial charge is 0.0546 e. The van der Waals surface area contributed by atoms with E-state index in [9.17, 15) is 0 Å². The van der Waals surface area contributed by atoms with Gasteiger partial charge >= 0.3 is 0 Å². The minimum absolute atomic E-state index is 1.08. The van der Waals surface area contributed by atoms with Crippen LogP contribution >= 0.6 is 11.3 Å². The first kappa shape index (κ1) is 35.2. The van der Waals surface area contributed by atoms with Crippen molar-refractivity contribution in [3.63, 3.8) is 0 Å². The van der Waals surface area contributed by atoms with E-state index in [2.05, 4.69) is 240 Å². The third-order valence-electron chi connectivity index (χ3n) is 12.2. The van der Waals surface area contributed by atoms with Gasteiger partial charge in [0.2, 0.25) is 0 Å². The van der Waals surface area contributed by atoms with Crippen molar-refractivity contribution < 1.29 is 0 Å². The second-order valence-corrected chi connectivity index (χ2v) is 16.8. The SMILES string of the molecule is c1ccc(-c2ccc(-c3cccc4ccccc34)cc2N(c2ccc(-c3ccc4sc5ccccc5c4c3)cc2)c2ccc(-n3c4ccccc4c4ccccc43)cc2)cc1. The van der Waals surface area contributed by atoms with Crippen LogP contribution in [-0.4, -0.2) is 4.57 Å². The van der Waals surface area contributed by atoms with Crippen molar-refractivity contribution in [2.45, 2.75) is 0 Å². The van der Waals surface area contributed by atoms with Crippen molar-refractivity contribution in [1.29, 1.82) is 0 Å². The number of fused-ring (bicyclic) bond motifs is 7. The zero-order valence-corrected chi connectivity index (χ0v) is 34.1. The number of nitrogens with zero attached hydrogens (tertiary/aromatic N) is 2. The predicted molar refractivity (Wildman–Crippen MR) is 262 cm³/mol. The molecule has 0 N–H and O–H groups in total. The van der Waals surface area contributed by atoms with Crippen LogP contribution in [0.1, 0.15) is 0 Å². The molecular weight excluding hydrogens is 757 g/mol. The molecule has 2 aromatic heterocycles. The molecule has 12 aromatic rings. The fraction of sp³-hybridized carbons (Fsp3) is 0. The Morgan fingerprint density at radius 3 is 1.66 bits per heavy atom. The minimum atomic E-state index is 1.08. The van der Waals surface area contributed by atoms with Crippen LogP contribution in [0.3, 0.4) is 0 Å². The van der Waals surface area contributed by atoms with Crippen LogP contribution in [-0.2, 0) is 0 Å². The summed E-state index contributed by atoms with van der Waals surface area (Å²) in [7, 11) is 0. The lowest BCUT2D eigenvalue weighted by molar-refractivity contribution is 1.17. The van der Waals surface area contributed by atoms with Crippen LogP contribution in [0, 0.1) is 0 Å². The molecule has 2 nitrogen and oxygen atoms in total. The lowest BCUT2D eigenvalue weighted by Gasteiger charge is -2.29. The van der Waals surface area contributed by atoms with Gasteiger partial charge in [0.15, 0.2) is 0 Å². The van der Waals surface area contributed by atoms with E-state index in [0.717, 1.165) is 28.3 Å². The molecule has 0 amide bonds. The maximum Gasteiger partial charge on any atom is 0.0546 e. The zero-order valence-electron chi connectivity index (χ0n) is 33.2. The summed E-state index contributed by atoms with van der Waals surface area (Å²) < 4.78 is 5.03. The largest absolute Gasteiger partial charge is 0.310 e. The molecule has 61 heavy (non-hydrogen) atoms. The summed E-state index contributed by atoms with van der Waals surface area (Å²) in [5, 5.41) is 7.61. The van der Waals surface area contributed by atoms with Gasteiger partial charge in [-0.15, -0.1) is 11.3 Å². The second kappa shape index (κ2) is 14.5. The van der Waals surface area contributed by atoms with Crippen molar-refractivity contribution in [3.8, 4) is 39.1 Å². The van der Waals surface area contributed by atoms with Gasteiger partial charge in [0.25, 0.3) is 0 Å². The molecule has 286 valence electrons. The number of anilines is 3. The van der Waals surface area contributed by atoms with Crippen LogP contribution in [0.4, 0.5) is 17.1 Å². The van der Waals surface area contributed by atoms with Gasteiger partial charge < -0.3 is 9.47 Å². The molecule has 0 bridgehead atoms. The van der Waals surface area contributed by atoms with Crippen LogP contribution < -0.4 is 4.90 Å². The predicted octanol–water partition coefficient (Wildman–Crippen LogP) is 16.8. The molecule has 0 atom stereocenters. The molecule has 12 rings (SSSR count). The Balaban J connectivity index is 1.05. The topological polar surface area (TPSA) is 8.17 Å². The third kappa shape index (κ3) is 6.01. The lowest BCUT2D eigenvalue weighted by Crippen LogP contribution is -2.11. The summed E-state index contributed by atoms with van der Waals surface area (Å²) in [6.07, 6.45) is 0. The van der Waals surface area contributed by atoms with Gasteiger partial charge in [-0.25, -0.2) is 0 Å². The van der Waals surface area contributed by atoms with Gasteiger partial charge in [0.1, 0.15) is 0 Å². The summed E-state index contributed by atoms with van der Waals surface area (Å²) in [5.41, 5.74) is 13.9. The summed E-state index contributed by atoms with van der Waals surface area (Å²) in [6.45, 7) is 0. The average molecular weight is 795 g/mol. The van der Waals surface area contributed by atoms with Crippen LogP contribution in [0.2, 0.25) is 0 Å². The maximum atomic E-state index is 2.44. The number of thiophene rings is 1. The van der Waals surface area contributed by atoms with E-state index in [1.165, 1.54) is 80.6 Å². The number of hydrogen-bond donors (Lipinski definition) is 0. The van der Waals surface area contributed by atoms with Gasteiger partial charge in [-0.2, -0.15) is 0 Å². The van der Waals surface area contributed by atoms with E-state index in [-0.39, 0.29) is 0 Å². The van der Waals surface area contributed by atoms with Crippen LogP contribution in [0.15, 0.2) is 231 Å². The molecule has 3 heteroatoms. The van der Waals surface area contributed by atoms with E-state index in [0.29, 0.717) is 0 Å². The highest BCUT2D eigenvalue weighted by Gasteiger charge is 2.20. The fourth-order valence-electron chi connectivity index (χ4n) is 9.31. The average Bonchev–Trinajstić information content (AvgIpc) is 3.88. The van der Waals surface area contributed by atoms with Crippen LogP contribution in [0.5, 0.6) is 0 Å². The van der Waals surface area contributed by atoms with Crippen LogP contribution in [0.25, 0.3) is 91.8 Å². The van der Waals surface area contributed by atoms with Crippen molar-refractivity contribution in [3.05, 3.63) is 231 Å². The van der Waals surface area contributed by atoms with E-state index >= 15 is 0 Å². The first-order valence-corrected chi connectivity index (χ1v) is 21.6. The highest BCUT2D eigenvalue weighted by molar-refractivity contribution is 7.25. The summed E-state index contributed by atoms with van der Waals surface area (Å²) in [4.78, 5) is 2.44. The Hall–Kier alpha value is -7.72. The van der Waals surface area contributed by atoms with E-state index in [1.54, 1.807) is 0 Å². The van der Waals surface area contributed by atoms with Gasteiger partial charge in [0.05, 0.1) is 16.7 Å². The van der Waals surface area contributed by atoms with E-state index in [1.807, 2.05) is 11.3 Å². The number of aromatic nitrogens is 1. The molecule has 0 spiro atoms. The van der Waals surface area contributed by atoms with E-state index < -0.39 is 0 Å². The summed E-state index contributed by atoms with van der Waals surface area (Å²) in [5.74, 6) is 0. The van der Waals surface area contributed by atoms with Crippen molar-refractivity contribution in [2.75, 3.05) is 4.90 Å². The third-order valence-corrected chi connectivity index (χ3v) is 13.4. The number of hydrogen-bond acceptors (Lipinski definition) is 2. The Bertz CT molecular complexity index is 3520. The first-order chi connectivity index (χ1) is 30.2. The Morgan fingerprint density at radius 2 is 0.902 bits per heavy atom. The maximum absolute atomic E-state index is 2.44. The van der Waals surface area contributed by atoms with Gasteiger partial charge in [-0.1, -0.05) is 158 Å². The molecule has 2 heterocycles. The summed E-state index contributed by atoms with van der Waals surface area (Å²) in [6, 6.07) is 84.3. The molecule has 0 unspecified atom stereocenters. The number of para-hydroxylation sites is 2. The molecule has 10 aromatic carbocycles. The Kier molecular flexibility index (Phi) is 8.39. The Morgan fingerprint density at radius 1 is 0.328 bits per heavy atom. The van der Waals surface area contributed by atoms with Crippen molar-refractivity contribution in [2.24, 2.45) is 0 Å². The molecule has 0 fully saturated rings. The number of benzene rings is 10. The first-order valence-electron chi connectivity index (χ1n) is 20.8. The highest BCUT2D eigenvalue weighted by Crippen LogP contribution is 2.45. The highest BCUT2D eigenvalue weighted by atomic mass is 32.1. The molecule has 0 radical (unpaired) electrons. The fourth-order valence-corrected chi connectivity index (χ4v) is 10.4.